The summed E-state index contributed by atoms with van der Waals surface area (Å²) < 4.78 is 1.13. The van der Waals surface area contributed by atoms with E-state index in [4.69, 9.17) is 16.7 Å². The highest BCUT2D eigenvalue weighted by Crippen LogP contribution is 2.11. The average Bonchev–Trinajstić information content (AvgIpc) is 2.33. The molecule has 5 nitrogen and oxygen atoms in total. The van der Waals surface area contributed by atoms with Gasteiger partial charge < -0.3 is 5.11 Å². The van der Waals surface area contributed by atoms with Gasteiger partial charge in [-0.1, -0.05) is 16.8 Å². The number of halogens is 1. The normalized spacial score (nSPS) is 12.9. The van der Waals surface area contributed by atoms with Crippen LogP contribution < -0.4 is 0 Å². The van der Waals surface area contributed by atoms with Crippen molar-refractivity contribution in [2.75, 3.05) is 0 Å². The summed E-state index contributed by atoms with van der Waals surface area (Å²) in [5.74, 6) is -0.989. The number of aromatic nitrogens is 3. The number of rotatable bonds is 2. The molecule has 1 aromatic rings. The third-order valence-electron chi connectivity index (χ3n) is 1.26. The highest BCUT2D eigenvalue weighted by molar-refractivity contribution is 6.29. The molecule has 6 heteroatoms. The Bertz CT molecular complexity index is 272. The summed E-state index contributed by atoms with van der Waals surface area (Å²) in [6.07, 6.45) is 1.29. The summed E-state index contributed by atoms with van der Waals surface area (Å²) in [5, 5.41) is 15.7. The zero-order chi connectivity index (χ0) is 8.43. The van der Waals surface area contributed by atoms with E-state index in [9.17, 15) is 4.79 Å². The molecule has 1 rings (SSSR count). The molecule has 1 N–H and O–H groups in total. The smallest absolute Gasteiger partial charge is 0.328 e. The van der Waals surface area contributed by atoms with Gasteiger partial charge in [-0.05, 0) is 6.92 Å². The van der Waals surface area contributed by atoms with E-state index >= 15 is 0 Å². The lowest BCUT2D eigenvalue weighted by Crippen LogP contribution is -2.16. The Hall–Kier alpha value is -1.10. The Morgan fingerprint density at radius 3 is 2.91 bits per heavy atom. The third-order valence-corrected chi connectivity index (χ3v) is 1.53. The molecular formula is C5H6ClN3O2. The number of hydrogen-bond acceptors (Lipinski definition) is 3. The third kappa shape index (κ3) is 1.48. The van der Waals surface area contributed by atoms with Crippen LogP contribution in [0, 0.1) is 0 Å². The lowest BCUT2D eigenvalue weighted by Gasteiger charge is -2.05. The SMILES string of the molecule is CC(C(=O)O)n1nncc1Cl. The van der Waals surface area contributed by atoms with Crippen LogP contribution in [0.5, 0.6) is 0 Å². The number of hydrogen-bond donors (Lipinski definition) is 1. The highest BCUT2D eigenvalue weighted by Gasteiger charge is 2.16. The van der Waals surface area contributed by atoms with E-state index in [2.05, 4.69) is 10.3 Å². The Kier molecular flexibility index (Phi) is 2.09. The van der Waals surface area contributed by atoms with Crippen molar-refractivity contribution < 1.29 is 9.90 Å². The summed E-state index contributed by atoms with van der Waals surface area (Å²) in [6.45, 7) is 1.48. The Morgan fingerprint density at radius 2 is 2.55 bits per heavy atom. The molecule has 1 atom stereocenters. The van der Waals surface area contributed by atoms with E-state index in [0.717, 1.165) is 4.68 Å². The molecule has 0 aliphatic rings. The van der Waals surface area contributed by atoms with Crippen molar-refractivity contribution in [3.8, 4) is 0 Å². The lowest BCUT2D eigenvalue weighted by atomic mass is 10.4. The second-order valence-corrected chi connectivity index (χ2v) is 2.40. The predicted molar refractivity (Wildman–Crippen MR) is 37.4 cm³/mol. The number of carbonyl (C=O) groups is 1. The molecule has 0 radical (unpaired) electrons. The minimum Gasteiger partial charge on any atom is -0.480 e. The fraction of sp³-hybridized carbons (Fsp3) is 0.400. The van der Waals surface area contributed by atoms with Crippen LogP contribution >= 0.6 is 11.6 Å². The summed E-state index contributed by atoms with van der Waals surface area (Å²) >= 11 is 5.55. The summed E-state index contributed by atoms with van der Waals surface area (Å²) in [6, 6.07) is -0.773. The Morgan fingerprint density at radius 1 is 1.91 bits per heavy atom. The quantitative estimate of drug-likeness (QED) is 0.714. The first-order valence-corrected chi connectivity index (χ1v) is 3.29. The fourth-order valence-corrected chi connectivity index (χ4v) is 0.822. The number of carboxylic acid groups (broad SMARTS) is 1. The molecule has 0 bridgehead atoms. The van der Waals surface area contributed by atoms with Gasteiger partial charge in [0.15, 0.2) is 0 Å². The number of nitrogens with zero attached hydrogens (tertiary/aromatic N) is 3. The van der Waals surface area contributed by atoms with Crippen LogP contribution in [-0.4, -0.2) is 26.1 Å². The zero-order valence-electron chi connectivity index (χ0n) is 5.73. The first-order valence-electron chi connectivity index (χ1n) is 2.91. The van der Waals surface area contributed by atoms with Crippen molar-refractivity contribution >= 4 is 17.6 Å². The largest absolute Gasteiger partial charge is 0.480 e. The molecule has 0 aliphatic carbocycles. The van der Waals surface area contributed by atoms with E-state index < -0.39 is 12.0 Å². The Balaban J connectivity index is 2.92. The molecule has 0 saturated carbocycles. The zero-order valence-corrected chi connectivity index (χ0v) is 6.49. The van der Waals surface area contributed by atoms with Crippen LogP contribution in [0.25, 0.3) is 0 Å². The maximum Gasteiger partial charge on any atom is 0.328 e. The maximum absolute atomic E-state index is 10.4. The Labute approximate surface area is 67.6 Å². The standard InChI is InChI=1S/C5H6ClN3O2/c1-3(5(10)11)9-4(6)2-7-8-9/h2-3H,1H3,(H,10,11). The molecule has 60 valence electrons. The average molecular weight is 176 g/mol. The topological polar surface area (TPSA) is 68.0 Å². The fourth-order valence-electron chi connectivity index (χ4n) is 0.598. The molecule has 0 spiro atoms. The molecular weight excluding hydrogens is 170 g/mol. The minimum absolute atomic E-state index is 0.222. The van der Waals surface area contributed by atoms with Gasteiger partial charge in [-0.3, -0.25) is 0 Å². The van der Waals surface area contributed by atoms with Crippen molar-refractivity contribution in [2.45, 2.75) is 13.0 Å². The van der Waals surface area contributed by atoms with Crippen molar-refractivity contribution in [1.29, 1.82) is 0 Å². The van der Waals surface area contributed by atoms with Gasteiger partial charge in [-0.2, -0.15) is 0 Å². The van der Waals surface area contributed by atoms with E-state index in [-0.39, 0.29) is 5.15 Å². The molecule has 11 heavy (non-hydrogen) atoms. The van der Waals surface area contributed by atoms with Gasteiger partial charge in [-0.15, -0.1) is 5.10 Å². The van der Waals surface area contributed by atoms with Gasteiger partial charge in [0.2, 0.25) is 0 Å². The van der Waals surface area contributed by atoms with E-state index in [1.165, 1.54) is 13.1 Å². The summed E-state index contributed by atoms with van der Waals surface area (Å²) in [5.41, 5.74) is 0. The number of aliphatic carboxylic acids is 1. The van der Waals surface area contributed by atoms with Crippen LogP contribution in [0.1, 0.15) is 13.0 Å². The minimum atomic E-state index is -0.989. The van der Waals surface area contributed by atoms with Gasteiger partial charge in [0.25, 0.3) is 0 Å². The first kappa shape index (κ1) is 8.00. The highest BCUT2D eigenvalue weighted by atomic mass is 35.5. The monoisotopic (exact) mass is 175 g/mol. The van der Waals surface area contributed by atoms with E-state index in [0.29, 0.717) is 0 Å². The molecule has 0 amide bonds. The van der Waals surface area contributed by atoms with Crippen molar-refractivity contribution in [3.63, 3.8) is 0 Å². The van der Waals surface area contributed by atoms with E-state index in [1.54, 1.807) is 0 Å². The predicted octanol–water partition coefficient (Wildman–Crippen LogP) is 0.577. The van der Waals surface area contributed by atoms with Gasteiger partial charge >= 0.3 is 5.97 Å². The maximum atomic E-state index is 10.4. The van der Waals surface area contributed by atoms with Crippen LogP contribution in [0.15, 0.2) is 6.20 Å². The van der Waals surface area contributed by atoms with Gasteiger partial charge in [0, 0.05) is 0 Å². The van der Waals surface area contributed by atoms with Crippen LogP contribution in [0.2, 0.25) is 5.15 Å². The van der Waals surface area contributed by atoms with Crippen molar-refractivity contribution in [2.24, 2.45) is 0 Å². The molecule has 0 aliphatic heterocycles. The molecule has 1 heterocycles. The van der Waals surface area contributed by atoms with E-state index in [1.807, 2.05) is 0 Å². The first-order chi connectivity index (χ1) is 5.13. The number of carboxylic acids is 1. The van der Waals surface area contributed by atoms with Crippen LogP contribution in [-0.2, 0) is 4.79 Å². The lowest BCUT2D eigenvalue weighted by molar-refractivity contribution is -0.140. The summed E-state index contributed by atoms with van der Waals surface area (Å²) in [4.78, 5) is 10.4. The van der Waals surface area contributed by atoms with Crippen LogP contribution in [0.4, 0.5) is 0 Å². The summed E-state index contributed by atoms with van der Waals surface area (Å²) in [7, 11) is 0. The molecule has 0 fully saturated rings. The van der Waals surface area contributed by atoms with Gasteiger partial charge in [-0.25, -0.2) is 9.48 Å². The molecule has 0 saturated heterocycles. The van der Waals surface area contributed by atoms with Gasteiger partial charge in [0.05, 0.1) is 6.20 Å². The second kappa shape index (κ2) is 2.87. The van der Waals surface area contributed by atoms with Crippen LogP contribution in [0.3, 0.4) is 0 Å². The van der Waals surface area contributed by atoms with Crippen molar-refractivity contribution in [3.05, 3.63) is 11.3 Å². The molecule has 0 aromatic carbocycles. The molecule has 1 aromatic heterocycles. The second-order valence-electron chi connectivity index (χ2n) is 2.02. The molecule has 1 unspecified atom stereocenters. The van der Waals surface area contributed by atoms with Gasteiger partial charge in [0.1, 0.15) is 11.2 Å². The van der Waals surface area contributed by atoms with Crippen molar-refractivity contribution in [1.82, 2.24) is 15.0 Å².